The predicted molar refractivity (Wildman–Crippen MR) is 126 cm³/mol. The minimum absolute atomic E-state index is 0.0557. The van der Waals surface area contributed by atoms with Crippen LogP contribution in [0.3, 0.4) is 0 Å². The highest BCUT2D eigenvalue weighted by molar-refractivity contribution is 5.90. The standard InChI is InChI=1S/C25H30N4O4/c1-27(2)23(30)16-28-10-12-29(13-11-28)24(25(31)32)21-15-26-22-14-19(8-9-20(21)22)33-17-18-6-4-3-5-7-18/h3-9,14-15,24,26H,10-13,16-17H2,1-2H3,(H,31,32). The number of aromatic amines is 1. The van der Waals surface area contributed by atoms with E-state index in [4.69, 9.17) is 4.74 Å². The minimum atomic E-state index is -0.877. The molecule has 2 heterocycles. The second kappa shape index (κ2) is 10.1. The van der Waals surface area contributed by atoms with Gasteiger partial charge in [-0.3, -0.25) is 19.4 Å². The Morgan fingerprint density at radius 1 is 1.09 bits per heavy atom. The maximum atomic E-state index is 12.3. The van der Waals surface area contributed by atoms with Crippen LogP contribution in [0.2, 0.25) is 0 Å². The molecule has 8 heteroatoms. The van der Waals surface area contributed by atoms with Crippen molar-refractivity contribution in [1.82, 2.24) is 19.7 Å². The number of hydrogen-bond acceptors (Lipinski definition) is 5. The van der Waals surface area contributed by atoms with E-state index in [1.54, 1.807) is 25.2 Å². The number of likely N-dealkylation sites (N-methyl/N-ethyl adjacent to an activating group) is 1. The minimum Gasteiger partial charge on any atom is -0.489 e. The van der Waals surface area contributed by atoms with Crippen molar-refractivity contribution < 1.29 is 19.4 Å². The number of aliphatic carboxylic acids is 1. The van der Waals surface area contributed by atoms with Gasteiger partial charge in [0.05, 0.1) is 6.54 Å². The van der Waals surface area contributed by atoms with Crippen LogP contribution >= 0.6 is 0 Å². The number of carboxylic acids is 1. The number of benzene rings is 2. The van der Waals surface area contributed by atoms with Crippen molar-refractivity contribution in [2.24, 2.45) is 0 Å². The van der Waals surface area contributed by atoms with Gasteiger partial charge in [-0.05, 0) is 17.7 Å². The summed E-state index contributed by atoms with van der Waals surface area (Å²) < 4.78 is 5.91. The van der Waals surface area contributed by atoms with Crippen LogP contribution in [0.1, 0.15) is 17.2 Å². The number of ether oxygens (including phenoxy) is 1. The molecular weight excluding hydrogens is 420 g/mol. The normalized spacial score (nSPS) is 15.9. The second-order valence-electron chi connectivity index (χ2n) is 8.57. The number of H-pyrrole nitrogens is 1. The summed E-state index contributed by atoms with van der Waals surface area (Å²) in [4.78, 5) is 33.1. The van der Waals surface area contributed by atoms with Crippen LogP contribution in [0, 0.1) is 0 Å². The van der Waals surface area contributed by atoms with Crippen LogP contribution in [0.15, 0.2) is 54.7 Å². The third-order valence-electron chi connectivity index (χ3n) is 6.09. The molecule has 1 fully saturated rings. The average Bonchev–Trinajstić information content (AvgIpc) is 3.22. The third-order valence-corrected chi connectivity index (χ3v) is 6.09. The highest BCUT2D eigenvalue weighted by Gasteiger charge is 2.32. The number of carboxylic acid groups (broad SMARTS) is 1. The first-order chi connectivity index (χ1) is 15.9. The molecule has 2 aromatic carbocycles. The fourth-order valence-corrected chi connectivity index (χ4v) is 4.18. The molecule has 1 aromatic heterocycles. The van der Waals surface area contributed by atoms with Crippen LogP contribution in [-0.4, -0.2) is 83.5 Å². The summed E-state index contributed by atoms with van der Waals surface area (Å²) in [6.45, 7) is 3.31. The Morgan fingerprint density at radius 2 is 1.82 bits per heavy atom. The molecule has 174 valence electrons. The highest BCUT2D eigenvalue weighted by atomic mass is 16.5. The van der Waals surface area contributed by atoms with E-state index >= 15 is 0 Å². The summed E-state index contributed by atoms with van der Waals surface area (Å²) >= 11 is 0. The molecule has 1 unspecified atom stereocenters. The van der Waals surface area contributed by atoms with Gasteiger partial charge in [0.25, 0.3) is 0 Å². The van der Waals surface area contributed by atoms with Gasteiger partial charge in [-0.2, -0.15) is 0 Å². The number of carbonyl (C=O) groups excluding carboxylic acids is 1. The van der Waals surface area contributed by atoms with Crippen LogP contribution < -0.4 is 4.74 Å². The molecule has 3 aromatic rings. The van der Waals surface area contributed by atoms with Crippen molar-refractivity contribution in [2.75, 3.05) is 46.8 Å². The summed E-state index contributed by atoms with van der Waals surface area (Å²) in [5, 5.41) is 10.9. The van der Waals surface area contributed by atoms with Gasteiger partial charge >= 0.3 is 5.97 Å². The van der Waals surface area contributed by atoms with E-state index in [0.29, 0.717) is 39.3 Å². The van der Waals surface area contributed by atoms with Crippen LogP contribution in [-0.2, 0) is 16.2 Å². The SMILES string of the molecule is CN(C)C(=O)CN1CCN(C(C(=O)O)c2c[nH]c3cc(OCc4ccccc4)ccc23)CC1. The average molecular weight is 451 g/mol. The van der Waals surface area contributed by atoms with Gasteiger partial charge in [-0.1, -0.05) is 30.3 Å². The van der Waals surface area contributed by atoms with Crippen molar-refractivity contribution in [3.8, 4) is 5.75 Å². The first-order valence-corrected chi connectivity index (χ1v) is 11.1. The number of carbonyl (C=O) groups is 2. The summed E-state index contributed by atoms with van der Waals surface area (Å²) in [5.74, 6) is -0.0934. The molecule has 8 nitrogen and oxygen atoms in total. The lowest BCUT2D eigenvalue weighted by Crippen LogP contribution is -2.51. The maximum absolute atomic E-state index is 12.3. The molecule has 0 bridgehead atoms. The fraction of sp³-hybridized carbons (Fsp3) is 0.360. The lowest BCUT2D eigenvalue weighted by atomic mass is 10.0. The maximum Gasteiger partial charge on any atom is 0.325 e. The topological polar surface area (TPSA) is 89.1 Å². The monoisotopic (exact) mass is 450 g/mol. The second-order valence-corrected chi connectivity index (χ2v) is 8.57. The lowest BCUT2D eigenvalue weighted by molar-refractivity contribution is -0.145. The molecule has 1 amide bonds. The van der Waals surface area contributed by atoms with Crippen LogP contribution in [0.25, 0.3) is 10.9 Å². The number of rotatable bonds is 8. The summed E-state index contributed by atoms with van der Waals surface area (Å²) in [6.07, 6.45) is 1.78. The Labute approximate surface area is 193 Å². The largest absolute Gasteiger partial charge is 0.489 e. The lowest BCUT2D eigenvalue weighted by Gasteiger charge is -2.37. The number of amides is 1. The molecule has 1 atom stereocenters. The molecule has 4 rings (SSSR count). The van der Waals surface area contributed by atoms with E-state index in [9.17, 15) is 14.7 Å². The Bertz CT molecular complexity index is 1100. The highest BCUT2D eigenvalue weighted by Crippen LogP contribution is 2.31. The zero-order chi connectivity index (χ0) is 23.4. The number of aromatic nitrogens is 1. The Morgan fingerprint density at radius 3 is 2.48 bits per heavy atom. The first-order valence-electron chi connectivity index (χ1n) is 11.1. The first kappa shape index (κ1) is 22.8. The molecule has 1 aliphatic heterocycles. The van der Waals surface area contributed by atoms with Gasteiger partial charge in [-0.15, -0.1) is 0 Å². The number of nitrogens with one attached hydrogen (secondary N) is 1. The van der Waals surface area contributed by atoms with Crippen molar-refractivity contribution in [3.05, 3.63) is 65.9 Å². The van der Waals surface area contributed by atoms with Gasteiger partial charge in [0.1, 0.15) is 18.4 Å². The zero-order valence-electron chi connectivity index (χ0n) is 19.0. The smallest absolute Gasteiger partial charge is 0.325 e. The van der Waals surface area contributed by atoms with E-state index < -0.39 is 12.0 Å². The summed E-state index contributed by atoms with van der Waals surface area (Å²) in [7, 11) is 3.49. The van der Waals surface area contributed by atoms with Gasteiger partial charge in [0.15, 0.2) is 0 Å². The predicted octanol–water partition coefficient (Wildman–Crippen LogP) is 2.58. The van der Waals surface area contributed by atoms with Gasteiger partial charge in [0, 0.05) is 69.0 Å². The number of nitrogens with zero attached hydrogens (tertiary/aromatic N) is 3. The Hall–Kier alpha value is -3.36. The summed E-state index contributed by atoms with van der Waals surface area (Å²) in [5.41, 5.74) is 2.67. The van der Waals surface area contributed by atoms with Crippen molar-refractivity contribution >= 4 is 22.8 Å². The number of piperazine rings is 1. The van der Waals surface area contributed by atoms with E-state index in [-0.39, 0.29) is 5.91 Å². The van der Waals surface area contributed by atoms with Gasteiger partial charge < -0.3 is 19.7 Å². The van der Waals surface area contributed by atoms with Crippen molar-refractivity contribution in [1.29, 1.82) is 0 Å². The van der Waals surface area contributed by atoms with Crippen LogP contribution in [0.5, 0.6) is 5.75 Å². The molecule has 1 saturated heterocycles. The van der Waals surface area contributed by atoms with E-state index in [1.807, 2.05) is 53.4 Å². The van der Waals surface area contributed by atoms with E-state index in [2.05, 4.69) is 9.88 Å². The molecule has 0 aliphatic carbocycles. The molecule has 2 N–H and O–H groups in total. The Kier molecular flexibility index (Phi) is 6.96. The fourth-order valence-electron chi connectivity index (χ4n) is 4.18. The van der Waals surface area contributed by atoms with Gasteiger partial charge in [-0.25, -0.2) is 0 Å². The molecule has 0 spiro atoms. The quantitative estimate of drug-likeness (QED) is 0.548. The van der Waals surface area contributed by atoms with Gasteiger partial charge in [0.2, 0.25) is 5.91 Å². The molecule has 33 heavy (non-hydrogen) atoms. The van der Waals surface area contributed by atoms with E-state index in [1.165, 1.54) is 0 Å². The summed E-state index contributed by atoms with van der Waals surface area (Å²) in [6, 6.07) is 14.9. The molecule has 1 aliphatic rings. The molecule has 0 radical (unpaired) electrons. The van der Waals surface area contributed by atoms with E-state index in [0.717, 1.165) is 27.8 Å². The van der Waals surface area contributed by atoms with Crippen molar-refractivity contribution in [3.63, 3.8) is 0 Å². The molecular formula is C25H30N4O4. The number of fused-ring (bicyclic) bond motifs is 1. The van der Waals surface area contributed by atoms with Crippen LogP contribution in [0.4, 0.5) is 0 Å². The zero-order valence-corrected chi connectivity index (χ0v) is 19.0. The number of hydrogen-bond donors (Lipinski definition) is 2. The molecule has 0 saturated carbocycles. The third kappa shape index (κ3) is 5.35. The van der Waals surface area contributed by atoms with Crippen molar-refractivity contribution in [2.45, 2.75) is 12.6 Å². The Balaban J connectivity index is 1.45.